The van der Waals surface area contributed by atoms with Crippen LogP contribution in [0.5, 0.6) is 0 Å². The lowest BCUT2D eigenvalue weighted by molar-refractivity contribution is -0.137. The Bertz CT molecular complexity index is 152. The van der Waals surface area contributed by atoms with Crippen LogP contribution in [0.15, 0.2) is 0 Å². The van der Waals surface area contributed by atoms with E-state index in [-0.39, 0.29) is 12.4 Å². The maximum Gasteiger partial charge on any atom is 0.303 e. The highest BCUT2D eigenvalue weighted by molar-refractivity contribution is 5.85. The molecule has 0 bridgehead atoms. The third-order valence-corrected chi connectivity index (χ3v) is 2.30. The van der Waals surface area contributed by atoms with Gasteiger partial charge in [-0.25, -0.2) is 0 Å². The Morgan fingerprint density at radius 1 is 1.13 bits per heavy atom. The third-order valence-electron chi connectivity index (χ3n) is 2.30. The molecular formula is C11H24ClNO2. The van der Waals surface area contributed by atoms with E-state index in [1.807, 2.05) is 6.92 Å². The number of unbranched alkanes of at least 4 members (excludes halogenated alkanes) is 5. The maximum atomic E-state index is 10.2. The number of hydrogen-bond donors (Lipinski definition) is 2. The lowest BCUT2D eigenvalue weighted by atomic mass is 10.1. The quantitative estimate of drug-likeness (QED) is 0.606. The molecule has 0 spiro atoms. The van der Waals surface area contributed by atoms with E-state index in [9.17, 15) is 4.79 Å². The van der Waals surface area contributed by atoms with Crippen LogP contribution in [-0.4, -0.2) is 17.1 Å². The van der Waals surface area contributed by atoms with Gasteiger partial charge in [0.2, 0.25) is 0 Å². The third kappa shape index (κ3) is 16.4. The maximum absolute atomic E-state index is 10.2. The van der Waals surface area contributed by atoms with Crippen LogP contribution in [0.4, 0.5) is 0 Å². The SMILES string of the molecule is CC(N)CCCCCCCCC(=O)O.Cl. The monoisotopic (exact) mass is 237 g/mol. The Kier molecular flexibility index (Phi) is 13.5. The van der Waals surface area contributed by atoms with Gasteiger partial charge in [-0.15, -0.1) is 12.4 Å². The smallest absolute Gasteiger partial charge is 0.303 e. The average molecular weight is 238 g/mol. The summed E-state index contributed by atoms with van der Waals surface area (Å²) in [5.41, 5.74) is 5.62. The van der Waals surface area contributed by atoms with Gasteiger partial charge >= 0.3 is 5.97 Å². The molecule has 3 N–H and O–H groups in total. The summed E-state index contributed by atoms with van der Waals surface area (Å²) >= 11 is 0. The summed E-state index contributed by atoms with van der Waals surface area (Å²) in [5, 5.41) is 8.40. The van der Waals surface area contributed by atoms with Gasteiger partial charge in [-0.3, -0.25) is 4.79 Å². The van der Waals surface area contributed by atoms with Crippen LogP contribution in [0, 0.1) is 0 Å². The van der Waals surface area contributed by atoms with E-state index >= 15 is 0 Å². The van der Waals surface area contributed by atoms with Crippen molar-refractivity contribution in [1.29, 1.82) is 0 Å². The van der Waals surface area contributed by atoms with Gasteiger partial charge in [-0.05, 0) is 19.8 Å². The van der Waals surface area contributed by atoms with Gasteiger partial charge in [-0.2, -0.15) is 0 Å². The molecule has 0 aliphatic carbocycles. The molecule has 0 aliphatic rings. The zero-order valence-corrected chi connectivity index (χ0v) is 10.4. The molecule has 0 rings (SSSR count). The summed E-state index contributed by atoms with van der Waals surface area (Å²) in [5.74, 6) is -0.679. The summed E-state index contributed by atoms with van der Waals surface area (Å²) in [6.07, 6.45) is 8.10. The molecule has 0 aromatic heterocycles. The highest BCUT2D eigenvalue weighted by atomic mass is 35.5. The number of nitrogens with two attached hydrogens (primary N) is 1. The van der Waals surface area contributed by atoms with Crippen LogP contribution in [0.3, 0.4) is 0 Å². The molecule has 0 fully saturated rings. The van der Waals surface area contributed by atoms with Crippen LogP contribution in [-0.2, 0) is 4.79 Å². The second-order valence-corrected chi connectivity index (χ2v) is 4.03. The number of halogens is 1. The van der Waals surface area contributed by atoms with Crippen molar-refractivity contribution >= 4 is 18.4 Å². The standard InChI is InChI=1S/C11H23NO2.ClH/c1-10(12)8-6-4-2-3-5-7-9-11(13)14;/h10H,2-9,12H2,1H3,(H,13,14);1H. The van der Waals surface area contributed by atoms with Crippen LogP contribution in [0.25, 0.3) is 0 Å². The second-order valence-electron chi connectivity index (χ2n) is 4.03. The number of carboxylic acids is 1. The lowest BCUT2D eigenvalue weighted by Crippen LogP contribution is -2.13. The van der Waals surface area contributed by atoms with Crippen molar-refractivity contribution in [2.24, 2.45) is 5.73 Å². The molecule has 0 saturated carbocycles. The molecule has 0 heterocycles. The van der Waals surface area contributed by atoms with Crippen molar-refractivity contribution in [3.8, 4) is 0 Å². The molecule has 0 aromatic carbocycles. The highest BCUT2D eigenvalue weighted by Crippen LogP contribution is 2.09. The van der Waals surface area contributed by atoms with Crippen molar-refractivity contribution in [3.05, 3.63) is 0 Å². The molecule has 4 heteroatoms. The molecule has 0 amide bonds. The minimum absolute atomic E-state index is 0. The van der Waals surface area contributed by atoms with Gasteiger partial charge in [0.05, 0.1) is 0 Å². The van der Waals surface area contributed by atoms with Crippen molar-refractivity contribution in [2.75, 3.05) is 0 Å². The van der Waals surface area contributed by atoms with Gasteiger partial charge in [0, 0.05) is 12.5 Å². The summed E-state index contributed by atoms with van der Waals surface area (Å²) in [6, 6.07) is 0.321. The van der Waals surface area contributed by atoms with E-state index in [2.05, 4.69) is 0 Å². The summed E-state index contributed by atoms with van der Waals surface area (Å²) < 4.78 is 0. The predicted molar refractivity (Wildman–Crippen MR) is 65.5 cm³/mol. The Morgan fingerprint density at radius 3 is 2.07 bits per heavy atom. The molecule has 1 unspecified atom stereocenters. The van der Waals surface area contributed by atoms with E-state index in [0.29, 0.717) is 12.5 Å². The Morgan fingerprint density at radius 2 is 1.60 bits per heavy atom. The molecular weight excluding hydrogens is 214 g/mol. The molecule has 0 radical (unpaired) electrons. The number of hydrogen-bond acceptors (Lipinski definition) is 2. The van der Waals surface area contributed by atoms with Crippen molar-refractivity contribution in [3.63, 3.8) is 0 Å². The fourth-order valence-corrected chi connectivity index (χ4v) is 1.45. The first-order valence-corrected chi connectivity index (χ1v) is 5.60. The molecule has 0 saturated heterocycles. The van der Waals surface area contributed by atoms with Crippen LogP contribution in [0.2, 0.25) is 0 Å². The predicted octanol–water partition coefficient (Wildman–Crippen LogP) is 2.96. The van der Waals surface area contributed by atoms with Crippen molar-refractivity contribution in [2.45, 2.75) is 64.3 Å². The molecule has 92 valence electrons. The minimum Gasteiger partial charge on any atom is -0.481 e. The zero-order valence-electron chi connectivity index (χ0n) is 9.58. The molecule has 3 nitrogen and oxygen atoms in total. The number of carbonyl (C=O) groups is 1. The highest BCUT2D eigenvalue weighted by Gasteiger charge is 1.97. The van der Waals surface area contributed by atoms with Gasteiger partial charge in [-0.1, -0.05) is 32.1 Å². The number of rotatable bonds is 9. The van der Waals surface area contributed by atoms with E-state index in [4.69, 9.17) is 10.8 Å². The second kappa shape index (κ2) is 11.8. The number of carboxylic acid groups (broad SMARTS) is 1. The van der Waals surface area contributed by atoms with Gasteiger partial charge in [0.25, 0.3) is 0 Å². The van der Waals surface area contributed by atoms with Gasteiger partial charge in [0.15, 0.2) is 0 Å². The minimum atomic E-state index is -0.679. The fraction of sp³-hybridized carbons (Fsp3) is 0.909. The first-order chi connectivity index (χ1) is 6.63. The molecule has 15 heavy (non-hydrogen) atoms. The molecule has 0 aromatic rings. The first-order valence-electron chi connectivity index (χ1n) is 5.60. The summed E-state index contributed by atoms with van der Waals surface area (Å²) in [4.78, 5) is 10.2. The van der Waals surface area contributed by atoms with E-state index in [1.165, 1.54) is 19.3 Å². The van der Waals surface area contributed by atoms with Crippen LogP contribution in [0.1, 0.15) is 58.3 Å². The normalized spacial score (nSPS) is 11.9. The van der Waals surface area contributed by atoms with Crippen LogP contribution >= 0.6 is 12.4 Å². The van der Waals surface area contributed by atoms with Gasteiger partial charge < -0.3 is 10.8 Å². The Balaban J connectivity index is 0. The van der Waals surface area contributed by atoms with Crippen molar-refractivity contribution in [1.82, 2.24) is 0 Å². The van der Waals surface area contributed by atoms with E-state index in [0.717, 1.165) is 25.7 Å². The topological polar surface area (TPSA) is 63.3 Å². The average Bonchev–Trinajstić information content (AvgIpc) is 2.08. The fourth-order valence-electron chi connectivity index (χ4n) is 1.45. The van der Waals surface area contributed by atoms with E-state index < -0.39 is 5.97 Å². The largest absolute Gasteiger partial charge is 0.481 e. The zero-order chi connectivity index (χ0) is 10.8. The number of aliphatic carboxylic acids is 1. The summed E-state index contributed by atoms with van der Waals surface area (Å²) in [6.45, 7) is 2.03. The lowest BCUT2D eigenvalue weighted by Gasteiger charge is -2.04. The molecule has 1 atom stereocenters. The Labute approximate surface area is 98.8 Å². The molecule has 0 aliphatic heterocycles. The van der Waals surface area contributed by atoms with Crippen LogP contribution < -0.4 is 5.73 Å². The van der Waals surface area contributed by atoms with Crippen molar-refractivity contribution < 1.29 is 9.90 Å². The first kappa shape index (κ1) is 17.1. The Hall–Kier alpha value is -0.280. The van der Waals surface area contributed by atoms with E-state index in [1.54, 1.807) is 0 Å². The van der Waals surface area contributed by atoms with Gasteiger partial charge in [0.1, 0.15) is 0 Å². The summed E-state index contributed by atoms with van der Waals surface area (Å²) in [7, 11) is 0.